The van der Waals surface area contributed by atoms with E-state index in [9.17, 15) is 4.79 Å². The van der Waals surface area contributed by atoms with Gasteiger partial charge in [0.2, 0.25) is 0 Å². The van der Waals surface area contributed by atoms with Crippen LogP contribution in [0.15, 0.2) is 18.2 Å². The van der Waals surface area contributed by atoms with Crippen molar-refractivity contribution in [2.75, 3.05) is 27.8 Å². The molecule has 1 N–H and O–H groups in total. The molecule has 5 nitrogen and oxygen atoms in total. The molecule has 106 valence electrons. The third-order valence-electron chi connectivity index (χ3n) is 2.59. The summed E-state index contributed by atoms with van der Waals surface area (Å²) >= 11 is 0. The van der Waals surface area contributed by atoms with Gasteiger partial charge in [-0.05, 0) is 24.1 Å². The highest BCUT2D eigenvalue weighted by Crippen LogP contribution is 2.21. The van der Waals surface area contributed by atoms with Gasteiger partial charge >= 0.3 is 0 Å². The number of nitrogens with one attached hydrogen (secondary N) is 1. The van der Waals surface area contributed by atoms with Gasteiger partial charge in [0.15, 0.2) is 0 Å². The number of hydrogen-bond acceptors (Lipinski definition) is 4. The normalized spacial score (nSPS) is 10.6. The van der Waals surface area contributed by atoms with E-state index in [0.717, 1.165) is 17.7 Å². The lowest BCUT2D eigenvalue weighted by molar-refractivity contribution is -0.129. The second kappa shape index (κ2) is 7.76. The number of ether oxygens (including phenoxy) is 2. The lowest BCUT2D eigenvalue weighted by Crippen LogP contribution is -2.38. The third kappa shape index (κ3) is 5.28. The number of hydrazine groups is 1. The molecule has 0 aliphatic heterocycles. The standard InChI is InChI=1S/C14H22N2O3/c1-5-11-6-7-13(18-4)12(8-11)9-19-10-14(17)15-16(2)3/h6-8H,5,9-10H2,1-4H3,(H,15,17). The van der Waals surface area contributed by atoms with Crippen LogP contribution in [-0.2, 0) is 22.6 Å². The lowest BCUT2D eigenvalue weighted by atomic mass is 10.1. The molecule has 0 spiro atoms. The van der Waals surface area contributed by atoms with E-state index in [1.165, 1.54) is 5.56 Å². The predicted molar refractivity (Wildman–Crippen MR) is 73.9 cm³/mol. The second-order valence-corrected chi connectivity index (χ2v) is 4.42. The van der Waals surface area contributed by atoms with Crippen LogP contribution in [0.4, 0.5) is 0 Å². The van der Waals surface area contributed by atoms with Gasteiger partial charge in [-0.15, -0.1) is 0 Å². The summed E-state index contributed by atoms with van der Waals surface area (Å²) < 4.78 is 10.7. The fourth-order valence-corrected chi connectivity index (χ4v) is 1.70. The highest BCUT2D eigenvalue weighted by molar-refractivity contribution is 5.76. The zero-order valence-electron chi connectivity index (χ0n) is 12.0. The van der Waals surface area contributed by atoms with Crippen molar-refractivity contribution in [3.05, 3.63) is 29.3 Å². The summed E-state index contributed by atoms with van der Waals surface area (Å²) in [7, 11) is 5.14. The van der Waals surface area contributed by atoms with Crippen LogP contribution in [0.5, 0.6) is 5.75 Å². The van der Waals surface area contributed by atoms with Crippen molar-refractivity contribution in [2.24, 2.45) is 0 Å². The van der Waals surface area contributed by atoms with Crippen LogP contribution >= 0.6 is 0 Å². The van der Waals surface area contributed by atoms with Crippen molar-refractivity contribution in [2.45, 2.75) is 20.0 Å². The Morgan fingerprint density at radius 2 is 2.11 bits per heavy atom. The van der Waals surface area contributed by atoms with Gasteiger partial charge in [0.05, 0.1) is 13.7 Å². The van der Waals surface area contributed by atoms with E-state index in [4.69, 9.17) is 9.47 Å². The van der Waals surface area contributed by atoms with E-state index < -0.39 is 0 Å². The van der Waals surface area contributed by atoms with E-state index in [1.807, 2.05) is 18.2 Å². The average molecular weight is 266 g/mol. The minimum Gasteiger partial charge on any atom is -0.496 e. The van der Waals surface area contributed by atoms with Gasteiger partial charge in [0, 0.05) is 19.7 Å². The number of benzene rings is 1. The van der Waals surface area contributed by atoms with Gasteiger partial charge in [-0.2, -0.15) is 0 Å². The van der Waals surface area contributed by atoms with Crippen molar-refractivity contribution in [3.63, 3.8) is 0 Å². The van der Waals surface area contributed by atoms with Crippen molar-refractivity contribution >= 4 is 5.91 Å². The first-order valence-electron chi connectivity index (χ1n) is 6.27. The summed E-state index contributed by atoms with van der Waals surface area (Å²) in [6, 6.07) is 6.00. The molecule has 0 aliphatic rings. The van der Waals surface area contributed by atoms with E-state index in [1.54, 1.807) is 26.2 Å². The van der Waals surface area contributed by atoms with Gasteiger partial charge in [0.1, 0.15) is 12.4 Å². The molecule has 0 fully saturated rings. The fourth-order valence-electron chi connectivity index (χ4n) is 1.70. The largest absolute Gasteiger partial charge is 0.496 e. The maximum Gasteiger partial charge on any atom is 0.260 e. The highest BCUT2D eigenvalue weighted by atomic mass is 16.5. The van der Waals surface area contributed by atoms with E-state index in [-0.39, 0.29) is 12.5 Å². The number of carbonyl (C=O) groups is 1. The molecular weight excluding hydrogens is 244 g/mol. The van der Waals surface area contributed by atoms with Crippen LogP contribution in [0.25, 0.3) is 0 Å². The Labute approximate surface area is 114 Å². The molecule has 1 aromatic carbocycles. The second-order valence-electron chi connectivity index (χ2n) is 4.42. The number of rotatable bonds is 7. The Kier molecular flexibility index (Phi) is 6.32. The Hall–Kier alpha value is -1.59. The van der Waals surface area contributed by atoms with Crippen LogP contribution in [-0.4, -0.2) is 38.7 Å². The molecule has 1 amide bonds. The molecule has 0 unspecified atom stereocenters. The first-order valence-corrected chi connectivity index (χ1v) is 6.27. The van der Waals surface area contributed by atoms with Gasteiger partial charge < -0.3 is 9.47 Å². The number of nitrogens with zero attached hydrogens (tertiary/aromatic N) is 1. The molecule has 1 rings (SSSR count). The number of carbonyl (C=O) groups excluding carboxylic acids is 1. The molecule has 0 atom stereocenters. The van der Waals surface area contributed by atoms with Crippen molar-refractivity contribution in [1.82, 2.24) is 10.4 Å². The first-order chi connectivity index (χ1) is 9.06. The maximum atomic E-state index is 11.4. The molecule has 0 heterocycles. The Bertz CT molecular complexity index is 419. The molecular formula is C14H22N2O3. The minimum absolute atomic E-state index is 0.0255. The summed E-state index contributed by atoms with van der Waals surface area (Å²) in [4.78, 5) is 11.4. The topological polar surface area (TPSA) is 50.8 Å². The summed E-state index contributed by atoms with van der Waals surface area (Å²) in [6.45, 7) is 2.48. The summed E-state index contributed by atoms with van der Waals surface area (Å²) in [5.41, 5.74) is 4.80. The quantitative estimate of drug-likeness (QED) is 0.757. The monoisotopic (exact) mass is 266 g/mol. The molecule has 0 saturated carbocycles. The molecule has 0 bridgehead atoms. The zero-order chi connectivity index (χ0) is 14.3. The number of aryl methyl sites for hydroxylation is 1. The van der Waals surface area contributed by atoms with Crippen molar-refractivity contribution < 1.29 is 14.3 Å². The van der Waals surface area contributed by atoms with Gasteiger partial charge in [-0.3, -0.25) is 10.2 Å². The summed E-state index contributed by atoms with van der Waals surface area (Å²) in [6.07, 6.45) is 0.956. The van der Waals surface area contributed by atoms with E-state index in [0.29, 0.717) is 6.61 Å². The Morgan fingerprint density at radius 1 is 1.37 bits per heavy atom. The van der Waals surface area contributed by atoms with Crippen molar-refractivity contribution in [1.29, 1.82) is 0 Å². The first kappa shape index (κ1) is 15.5. The molecule has 5 heteroatoms. The SMILES string of the molecule is CCc1ccc(OC)c(COCC(=O)NN(C)C)c1. The highest BCUT2D eigenvalue weighted by Gasteiger charge is 2.06. The minimum atomic E-state index is -0.171. The molecule has 0 radical (unpaired) electrons. The smallest absolute Gasteiger partial charge is 0.260 e. The lowest BCUT2D eigenvalue weighted by Gasteiger charge is -2.13. The fraction of sp³-hybridized carbons (Fsp3) is 0.500. The van der Waals surface area contributed by atoms with Crippen LogP contribution in [0.3, 0.4) is 0 Å². The molecule has 0 saturated heterocycles. The molecule has 1 aromatic rings. The molecule has 0 aromatic heterocycles. The van der Waals surface area contributed by atoms with Gasteiger partial charge in [-0.25, -0.2) is 5.01 Å². The van der Waals surface area contributed by atoms with E-state index in [2.05, 4.69) is 12.3 Å². The number of methoxy groups -OCH3 is 1. The molecule has 0 aliphatic carbocycles. The molecule has 19 heavy (non-hydrogen) atoms. The average Bonchev–Trinajstić information content (AvgIpc) is 2.37. The number of hydrogen-bond donors (Lipinski definition) is 1. The zero-order valence-corrected chi connectivity index (χ0v) is 12.0. The predicted octanol–water partition coefficient (Wildman–Crippen LogP) is 1.37. The van der Waals surface area contributed by atoms with Gasteiger partial charge in [-0.1, -0.05) is 13.0 Å². The third-order valence-corrected chi connectivity index (χ3v) is 2.59. The van der Waals surface area contributed by atoms with Crippen molar-refractivity contribution in [3.8, 4) is 5.75 Å². The summed E-state index contributed by atoms with van der Waals surface area (Å²) in [5, 5.41) is 1.59. The van der Waals surface area contributed by atoms with E-state index >= 15 is 0 Å². The van der Waals surface area contributed by atoms with Crippen LogP contribution < -0.4 is 10.2 Å². The van der Waals surface area contributed by atoms with Crippen LogP contribution in [0.1, 0.15) is 18.1 Å². The van der Waals surface area contributed by atoms with Crippen LogP contribution in [0, 0.1) is 0 Å². The maximum absolute atomic E-state index is 11.4. The Morgan fingerprint density at radius 3 is 2.68 bits per heavy atom. The number of amides is 1. The Balaban J connectivity index is 2.54. The van der Waals surface area contributed by atoms with Crippen LogP contribution in [0.2, 0.25) is 0 Å². The van der Waals surface area contributed by atoms with Gasteiger partial charge in [0.25, 0.3) is 5.91 Å². The summed E-state index contributed by atoms with van der Waals surface area (Å²) in [5.74, 6) is 0.612.